The molecule has 1 aromatic carbocycles. The van der Waals surface area contributed by atoms with Crippen molar-refractivity contribution >= 4 is 29.3 Å². The molecule has 0 fully saturated rings. The number of thioether (sulfide) groups is 1. The lowest BCUT2D eigenvalue weighted by atomic mass is 10.2. The van der Waals surface area contributed by atoms with Crippen molar-refractivity contribution in [1.29, 1.82) is 0 Å². The van der Waals surface area contributed by atoms with Gasteiger partial charge in [0, 0.05) is 12.2 Å². The number of carbonyl (C=O) groups excluding carboxylic acids is 2. The van der Waals surface area contributed by atoms with Gasteiger partial charge >= 0.3 is 5.97 Å². The van der Waals surface area contributed by atoms with Crippen LogP contribution >= 0.6 is 11.8 Å². The minimum absolute atomic E-state index is 0.204. The Morgan fingerprint density at radius 2 is 1.93 bits per heavy atom. The first-order valence-corrected chi connectivity index (χ1v) is 10.4. The number of benzene rings is 1. The molecule has 1 amide bonds. The number of aryl methyl sites for hydroxylation is 1. The van der Waals surface area contributed by atoms with Crippen molar-refractivity contribution in [3.63, 3.8) is 0 Å². The first kappa shape index (κ1) is 21.5. The van der Waals surface area contributed by atoms with E-state index in [4.69, 9.17) is 9.15 Å². The largest absolute Gasteiger partial charge is 0.461 e. The lowest BCUT2D eigenvalue weighted by molar-refractivity contribution is -0.121. The van der Waals surface area contributed by atoms with E-state index in [1.165, 1.54) is 47.2 Å². The molecule has 2 heterocycles. The van der Waals surface area contributed by atoms with Crippen LogP contribution in [0, 0.1) is 12.7 Å². The molecule has 0 aliphatic heterocycles. The monoisotopic (exact) mass is 429 g/mol. The standard InChI is InChI=1S/C21H20FN3O4S/c1-4-25(15-9-7-14(22)8-10-15)17(26)12-29-21(27)18-13(2)23-19(24-20(18)30-3)16-6-5-11-28-16/h5-11H,4,12H2,1-3H3. The van der Waals surface area contributed by atoms with Gasteiger partial charge in [0.05, 0.1) is 12.0 Å². The number of halogens is 1. The minimum atomic E-state index is -0.689. The van der Waals surface area contributed by atoms with Gasteiger partial charge in [-0.15, -0.1) is 11.8 Å². The third-order valence-corrected chi connectivity index (χ3v) is 4.96. The zero-order chi connectivity index (χ0) is 21.7. The summed E-state index contributed by atoms with van der Waals surface area (Å²) < 4.78 is 23.7. The molecule has 2 aromatic heterocycles. The zero-order valence-corrected chi connectivity index (χ0v) is 17.5. The lowest BCUT2D eigenvalue weighted by Crippen LogP contribution is -2.34. The van der Waals surface area contributed by atoms with Gasteiger partial charge in [-0.3, -0.25) is 4.79 Å². The molecule has 0 radical (unpaired) electrons. The van der Waals surface area contributed by atoms with E-state index >= 15 is 0 Å². The third kappa shape index (κ3) is 4.68. The molecule has 0 atom stereocenters. The number of esters is 1. The molecule has 3 aromatic rings. The smallest absolute Gasteiger partial charge is 0.343 e. The third-order valence-electron chi connectivity index (χ3n) is 4.28. The number of carbonyl (C=O) groups is 2. The molecule has 9 heteroatoms. The molecule has 0 saturated carbocycles. The Morgan fingerprint density at radius 3 is 2.53 bits per heavy atom. The number of hydrogen-bond donors (Lipinski definition) is 0. The zero-order valence-electron chi connectivity index (χ0n) is 16.7. The molecule has 0 N–H and O–H groups in total. The summed E-state index contributed by atoms with van der Waals surface area (Å²) in [7, 11) is 0. The maximum atomic E-state index is 13.1. The molecule has 0 bridgehead atoms. The van der Waals surface area contributed by atoms with Gasteiger partial charge in [-0.1, -0.05) is 0 Å². The summed E-state index contributed by atoms with van der Waals surface area (Å²) in [6.45, 7) is 3.33. The molecule has 0 unspecified atom stereocenters. The highest BCUT2D eigenvalue weighted by molar-refractivity contribution is 7.98. The van der Waals surface area contributed by atoms with Gasteiger partial charge in [-0.2, -0.15) is 0 Å². The van der Waals surface area contributed by atoms with Gasteiger partial charge in [0.1, 0.15) is 16.4 Å². The predicted octanol–water partition coefficient (Wildman–Crippen LogP) is 4.12. The number of aromatic nitrogens is 2. The van der Waals surface area contributed by atoms with Crippen LogP contribution in [0.4, 0.5) is 10.1 Å². The number of likely N-dealkylation sites (N-methyl/N-ethyl adjacent to an activating group) is 1. The SMILES string of the molecule is CCN(C(=O)COC(=O)c1c(C)nc(-c2ccco2)nc1SC)c1ccc(F)cc1. The summed E-state index contributed by atoms with van der Waals surface area (Å²) >= 11 is 1.27. The second-order valence-electron chi connectivity index (χ2n) is 6.18. The van der Waals surface area contributed by atoms with E-state index in [2.05, 4.69) is 9.97 Å². The van der Waals surface area contributed by atoms with Crippen molar-refractivity contribution in [3.8, 4) is 11.6 Å². The highest BCUT2D eigenvalue weighted by Gasteiger charge is 2.23. The van der Waals surface area contributed by atoms with E-state index in [1.807, 2.05) is 0 Å². The second-order valence-corrected chi connectivity index (χ2v) is 6.98. The quantitative estimate of drug-likeness (QED) is 0.317. The van der Waals surface area contributed by atoms with E-state index in [9.17, 15) is 14.0 Å². The number of amides is 1. The number of furan rings is 1. The van der Waals surface area contributed by atoms with Crippen molar-refractivity contribution in [1.82, 2.24) is 9.97 Å². The van der Waals surface area contributed by atoms with E-state index in [-0.39, 0.29) is 5.56 Å². The summed E-state index contributed by atoms with van der Waals surface area (Å²) in [5, 5.41) is 0.428. The van der Waals surface area contributed by atoms with E-state index in [0.717, 1.165) is 0 Å². The van der Waals surface area contributed by atoms with Gasteiger partial charge < -0.3 is 14.1 Å². The van der Waals surface area contributed by atoms with Gasteiger partial charge in [-0.25, -0.2) is 19.2 Å². The van der Waals surface area contributed by atoms with Crippen molar-refractivity contribution in [3.05, 3.63) is 59.7 Å². The van der Waals surface area contributed by atoms with E-state index in [0.29, 0.717) is 34.5 Å². The Morgan fingerprint density at radius 1 is 1.20 bits per heavy atom. The average Bonchev–Trinajstić information content (AvgIpc) is 3.28. The van der Waals surface area contributed by atoms with Crippen LogP contribution in [0.5, 0.6) is 0 Å². The molecule has 30 heavy (non-hydrogen) atoms. The highest BCUT2D eigenvalue weighted by atomic mass is 32.2. The normalized spacial score (nSPS) is 10.7. The first-order valence-electron chi connectivity index (χ1n) is 9.14. The fraction of sp³-hybridized carbons (Fsp3) is 0.238. The van der Waals surface area contributed by atoms with Gasteiger partial charge in [0.15, 0.2) is 18.2 Å². The Kier molecular flexibility index (Phi) is 6.83. The van der Waals surface area contributed by atoms with Crippen LogP contribution in [0.3, 0.4) is 0 Å². The molecular weight excluding hydrogens is 409 g/mol. The fourth-order valence-corrected chi connectivity index (χ4v) is 3.46. The van der Waals surface area contributed by atoms with Crippen molar-refractivity contribution in [2.75, 3.05) is 24.3 Å². The van der Waals surface area contributed by atoms with Gasteiger partial charge in [0.2, 0.25) is 0 Å². The van der Waals surface area contributed by atoms with E-state index in [1.54, 1.807) is 32.2 Å². The Bertz CT molecular complexity index is 1040. The lowest BCUT2D eigenvalue weighted by Gasteiger charge is -2.21. The van der Waals surface area contributed by atoms with Crippen molar-refractivity contribution in [2.24, 2.45) is 0 Å². The fourth-order valence-electron chi connectivity index (χ4n) is 2.85. The number of hydrogen-bond acceptors (Lipinski definition) is 7. The maximum absolute atomic E-state index is 13.1. The predicted molar refractivity (Wildman–Crippen MR) is 111 cm³/mol. The number of nitrogens with zero attached hydrogens (tertiary/aromatic N) is 3. The molecule has 0 saturated heterocycles. The van der Waals surface area contributed by atoms with Crippen LogP contribution in [-0.4, -0.2) is 41.3 Å². The molecule has 3 rings (SSSR count). The van der Waals surface area contributed by atoms with Gasteiger partial charge in [-0.05, 0) is 56.5 Å². The summed E-state index contributed by atoms with van der Waals surface area (Å²) in [6, 6.07) is 8.98. The van der Waals surface area contributed by atoms with Gasteiger partial charge in [0.25, 0.3) is 5.91 Å². The van der Waals surface area contributed by atoms with Crippen molar-refractivity contribution in [2.45, 2.75) is 18.9 Å². The molecule has 0 aliphatic rings. The molecule has 0 spiro atoms. The molecule has 0 aliphatic carbocycles. The number of anilines is 1. The van der Waals surface area contributed by atoms with Crippen molar-refractivity contribution < 1.29 is 23.1 Å². The summed E-state index contributed by atoms with van der Waals surface area (Å²) in [5.41, 5.74) is 1.14. The maximum Gasteiger partial charge on any atom is 0.343 e. The van der Waals surface area contributed by atoms with Crippen LogP contribution in [0.1, 0.15) is 23.0 Å². The minimum Gasteiger partial charge on any atom is -0.461 e. The topological polar surface area (TPSA) is 85.5 Å². The summed E-state index contributed by atoms with van der Waals surface area (Å²) in [4.78, 5) is 35.3. The molecule has 156 valence electrons. The number of rotatable bonds is 7. The molecular formula is C21H20FN3O4S. The van der Waals surface area contributed by atoms with Crippen LogP contribution < -0.4 is 4.90 Å². The first-order chi connectivity index (χ1) is 14.4. The Balaban J connectivity index is 1.75. The highest BCUT2D eigenvalue weighted by Crippen LogP contribution is 2.26. The second kappa shape index (κ2) is 9.53. The Hall–Kier alpha value is -3.20. The number of ether oxygens (including phenoxy) is 1. The summed E-state index contributed by atoms with van der Waals surface area (Å²) in [6.07, 6.45) is 3.30. The molecule has 7 nitrogen and oxygen atoms in total. The summed E-state index contributed by atoms with van der Waals surface area (Å²) in [5.74, 6) is -0.656. The van der Waals surface area contributed by atoms with Crippen LogP contribution in [0.25, 0.3) is 11.6 Å². The van der Waals surface area contributed by atoms with Crippen LogP contribution in [-0.2, 0) is 9.53 Å². The Labute approximate surface area is 177 Å². The average molecular weight is 429 g/mol. The van der Waals surface area contributed by atoms with E-state index < -0.39 is 24.3 Å². The van der Waals surface area contributed by atoms with Crippen LogP contribution in [0.2, 0.25) is 0 Å². The van der Waals surface area contributed by atoms with Crippen LogP contribution in [0.15, 0.2) is 52.1 Å².